The number of rotatable bonds is 8. The average molecular weight is 314 g/mol. The summed E-state index contributed by atoms with van der Waals surface area (Å²) in [5.74, 6) is 0.292. The largest absolute Gasteiger partial charge is 0.308 e. The summed E-state index contributed by atoms with van der Waals surface area (Å²) in [6.45, 7) is 8.25. The second-order valence-corrected chi connectivity index (χ2v) is 7.73. The van der Waals surface area contributed by atoms with Crippen LogP contribution in [0.1, 0.15) is 51.4 Å². The molecular weight excluding hydrogens is 288 g/mol. The first-order valence-electron chi connectivity index (χ1n) is 7.64. The second kappa shape index (κ2) is 6.46. The standard InChI is InChI=1S/C14H26N4O2S/c1-5-9(2)10(3)18-21(19,20)14-11(4)16-17-13(14)8-15-12-6-7-12/h9-10,12,15,18H,5-8H2,1-4H3,(H,16,17). The van der Waals surface area contributed by atoms with E-state index in [0.717, 1.165) is 19.3 Å². The van der Waals surface area contributed by atoms with E-state index in [1.54, 1.807) is 6.92 Å². The zero-order chi connectivity index (χ0) is 15.6. The smallest absolute Gasteiger partial charge is 0.244 e. The van der Waals surface area contributed by atoms with Crippen LogP contribution in [0, 0.1) is 12.8 Å². The highest BCUT2D eigenvalue weighted by molar-refractivity contribution is 7.89. The summed E-state index contributed by atoms with van der Waals surface area (Å²) in [6, 6.07) is 0.420. The molecule has 0 aromatic carbocycles. The van der Waals surface area contributed by atoms with Gasteiger partial charge in [0.2, 0.25) is 10.0 Å². The van der Waals surface area contributed by atoms with Gasteiger partial charge in [-0.05, 0) is 32.6 Å². The van der Waals surface area contributed by atoms with Crippen LogP contribution in [0.4, 0.5) is 0 Å². The molecule has 1 aliphatic carbocycles. The van der Waals surface area contributed by atoms with Gasteiger partial charge in [0.05, 0.1) is 11.4 Å². The van der Waals surface area contributed by atoms with E-state index >= 15 is 0 Å². The van der Waals surface area contributed by atoms with Crippen LogP contribution in [0.2, 0.25) is 0 Å². The SMILES string of the molecule is CCC(C)C(C)NS(=O)(=O)c1c(CNC2CC2)n[nH]c1C. The third kappa shape index (κ3) is 4.05. The van der Waals surface area contributed by atoms with Gasteiger partial charge in [0, 0.05) is 18.6 Å². The molecule has 7 heteroatoms. The van der Waals surface area contributed by atoms with Crippen LogP contribution in [0.3, 0.4) is 0 Å². The average Bonchev–Trinajstić information content (AvgIpc) is 3.17. The molecule has 2 rings (SSSR count). The molecule has 2 unspecified atom stereocenters. The Labute approximate surface area is 127 Å². The molecule has 1 heterocycles. The summed E-state index contributed by atoms with van der Waals surface area (Å²) in [5, 5.41) is 10.3. The van der Waals surface area contributed by atoms with Gasteiger partial charge < -0.3 is 5.32 Å². The maximum absolute atomic E-state index is 12.6. The molecule has 0 radical (unpaired) electrons. The topological polar surface area (TPSA) is 86.9 Å². The second-order valence-electron chi connectivity index (χ2n) is 6.08. The summed E-state index contributed by atoms with van der Waals surface area (Å²) in [6.07, 6.45) is 3.26. The van der Waals surface area contributed by atoms with Gasteiger partial charge in [-0.25, -0.2) is 13.1 Å². The summed E-state index contributed by atoms with van der Waals surface area (Å²) < 4.78 is 28.0. The van der Waals surface area contributed by atoms with Crippen LogP contribution in [0.25, 0.3) is 0 Å². The molecule has 0 spiro atoms. The van der Waals surface area contributed by atoms with Crippen molar-refractivity contribution in [3.8, 4) is 0 Å². The molecule has 3 N–H and O–H groups in total. The van der Waals surface area contributed by atoms with E-state index in [9.17, 15) is 8.42 Å². The molecule has 0 bridgehead atoms. The Bertz CT molecular complexity index is 578. The van der Waals surface area contributed by atoms with Gasteiger partial charge in [-0.1, -0.05) is 20.3 Å². The van der Waals surface area contributed by atoms with E-state index < -0.39 is 10.0 Å². The van der Waals surface area contributed by atoms with Gasteiger partial charge in [0.25, 0.3) is 0 Å². The maximum atomic E-state index is 12.6. The van der Waals surface area contributed by atoms with Crippen LogP contribution in [0.5, 0.6) is 0 Å². The van der Waals surface area contributed by atoms with Crippen LogP contribution < -0.4 is 10.0 Å². The van der Waals surface area contributed by atoms with Crippen molar-refractivity contribution in [2.45, 2.75) is 70.5 Å². The molecule has 1 saturated carbocycles. The maximum Gasteiger partial charge on any atom is 0.244 e. The zero-order valence-electron chi connectivity index (χ0n) is 13.2. The molecule has 1 aliphatic rings. The zero-order valence-corrected chi connectivity index (χ0v) is 14.0. The lowest BCUT2D eigenvalue weighted by Crippen LogP contribution is -2.37. The van der Waals surface area contributed by atoms with E-state index in [1.165, 1.54) is 0 Å². The number of hydrogen-bond acceptors (Lipinski definition) is 4. The van der Waals surface area contributed by atoms with E-state index in [1.807, 2.05) is 13.8 Å². The fourth-order valence-corrected chi connectivity index (χ4v) is 3.96. The Kier molecular flexibility index (Phi) is 5.06. The summed E-state index contributed by atoms with van der Waals surface area (Å²) >= 11 is 0. The van der Waals surface area contributed by atoms with Crippen LogP contribution in [-0.2, 0) is 16.6 Å². The van der Waals surface area contributed by atoms with Crippen LogP contribution in [0.15, 0.2) is 4.90 Å². The highest BCUT2D eigenvalue weighted by Crippen LogP contribution is 2.22. The molecule has 1 aromatic rings. The van der Waals surface area contributed by atoms with E-state index in [4.69, 9.17) is 0 Å². The first-order valence-corrected chi connectivity index (χ1v) is 9.13. The van der Waals surface area contributed by atoms with Crippen molar-refractivity contribution in [2.24, 2.45) is 5.92 Å². The normalized spacial score (nSPS) is 18.7. The number of aryl methyl sites for hydroxylation is 1. The van der Waals surface area contributed by atoms with Crippen LogP contribution in [-0.4, -0.2) is 30.7 Å². The van der Waals surface area contributed by atoms with Crippen molar-refractivity contribution in [1.82, 2.24) is 20.2 Å². The summed E-state index contributed by atoms with van der Waals surface area (Å²) in [5.41, 5.74) is 1.16. The minimum atomic E-state index is -3.54. The molecular formula is C14H26N4O2S. The van der Waals surface area contributed by atoms with Crippen molar-refractivity contribution < 1.29 is 8.42 Å². The molecule has 1 aromatic heterocycles. The number of sulfonamides is 1. The van der Waals surface area contributed by atoms with Gasteiger partial charge in [0.1, 0.15) is 4.90 Å². The number of nitrogens with zero attached hydrogens (tertiary/aromatic N) is 1. The molecule has 0 saturated heterocycles. The first-order chi connectivity index (χ1) is 9.85. The lowest BCUT2D eigenvalue weighted by Gasteiger charge is -2.20. The molecule has 6 nitrogen and oxygen atoms in total. The fraction of sp³-hybridized carbons (Fsp3) is 0.786. The quantitative estimate of drug-likeness (QED) is 0.681. The molecule has 0 amide bonds. The summed E-state index contributed by atoms with van der Waals surface area (Å²) in [7, 11) is -3.54. The Morgan fingerprint density at radius 1 is 1.38 bits per heavy atom. The molecule has 120 valence electrons. The molecule has 2 atom stereocenters. The third-order valence-electron chi connectivity index (χ3n) is 4.20. The van der Waals surface area contributed by atoms with E-state index in [-0.39, 0.29) is 6.04 Å². The van der Waals surface area contributed by atoms with Crippen molar-refractivity contribution >= 4 is 10.0 Å². The lowest BCUT2D eigenvalue weighted by atomic mass is 10.0. The van der Waals surface area contributed by atoms with Crippen molar-refractivity contribution in [2.75, 3.05) is 0 Å². The minimum absolute atomic E-state index is 0.0986. The number of hydrogen-bond donors (Lipinski definition) is 3. The predicted molar refractivity (Wildman–Crippen MR) is 82.4 cm³/mol. The number of aromatic nitrogens is 2. The van der Waals surface area contributed by atoms with Crippen molar-refractivity contribution in [1.29, 1.82) is 0 Å². The van der Waals surface area contributed by atoms with Crippen molar-refractivity contribution in [3.05, 3.63) is 11.4 Å². The van der Waals surface area contributed by atoms with E-state index in [2.05, 4.69) is 27.2 Å². The predicted octanol–water partition coefficient (Wildman–Crippen LogP) is 1.68. The first kappa shape index (κ1) is 16.5. The Hall–Kier alpha value is -0.920. The Morgan fingerprint density at radius 3 is 2.62 bits per heavy atom. The Balaban J connectivity index is 2.15. The highest BCUT2D eigenvalue weighted by atomic mass is 32.2. The van der Waals surface area contributed by atoms with Crippen LogP contribution >= 0.6 is 0 Å². The molecule has 1 fully saturated rings. The van der Waals surface area contributed by atoms with Gasteiger partial charge in [-0.3, -0.25) is 5.10 Å². The third-order valence-corrected chi connectivity index (χ3v) is 5.97. The number of nitrogens with one attached hydrogen (secondary N) is 3. The van der Waals surface area contributed by atoms with E-state index in [0.29, 0.717) is 34.8 Å². The molecule has 21 heavy (non-hydrogen) atoms. The minimum Gasteiger partial charge on any atom is -0.308 e. The fourth-order valence-electron chi connectivity index (χ4n) is 2.25. The van der Waals surface area contributed by atoms with Gasteiger partial charge in [-0.2, -0.15) is 5.10 Å². The van der Waals surface area contributed by atoms with Crippen molar-refractivity contribution in [3.63, 3.8) is 0 Å². The molecule has 0 aliphatic heterocycles. The van der Waals surface area contributed by atoms with Gasteiger partial charge in [0.15, 0.2) is 0 Å². The van der Waals surface area contributed by atoms with Gasteiger partial charge >= 0.3 is 0 Å². The highest BCUT2D eigenvalue weighted by Gasteiger charge is 2.28. The Morgan fingerprint density at radius 2 is 2.05 bits per heavy atom. The number of H-pyrrole nitrogens is 1. The monoisotopic (exact) mass is 314 g/mol. The van der Waals surface area contributed by atoms with Gasteiger partial charge in [-0.15, -0.1) is 0 Å². The summed E-state index contributed by atoms with van der Waals surface area (Å²) in [4.78, 5) is 0.297. The number of aromatic amines is 1. The lowest BCUT2D eigenvalue weighted by molar-refractivity contribution is 0.433.